The normalized spacial score (nSPS) is 20.7. The van der Waals surface area contributed by atoms with E-state index >= 15 is 0 Å². The molecule has 1 heterocycles. The van der Waals surface area contributed by atoms with Crippen LogP contribution in [0, 0.1) is 5.82 Å². The number of hydrogen-bond acceptors (Lipinski definition) is 6. The average molecular weight is 370 g/mol. The first-order chi connectivity index (χ1) is 10.4. The summed E-state index contributed by atoms with van der Waals surface area (Å²) in [5, 5.41) is 10.2. The van der Waals surface area contributed by atoms with Gasteiger partial charge in [-0.1, -0.05) is 6.42 Å². The van der Waals surface area contributed by atoms with E-state index in [0.29, 0.717) is 12.8 Å². The molecular formula is C14H17BrFN5O. The highest BCUT2D eigenvalue weighted by molar-refractivity contribution is 9.10. The minimum absolute atomic E-state index is 0.0197. The summed E-state index contributed by atoms with van der Waals surface area (Å²) in [6, 6.07) is 2.85. The number of nitrogens with zero attached hydrogens (tertiary/aromatic N) is 3. The third-order valence-corrected chi connectivity index (χ3v) is 4.74. The predicted octanol–water partition coefficient (Wildman–Crippen LogP) is 2.40. The van der Waals surface area contributed by atoms with Crippen molar-refractivity contribution in [3.05, 3.63) is 22.4 Å². The van der Waals surface area contributed by atoms with Gasteiger partial charge in [-0.2, -0.15) is 4.99 Å². The molecule has 1 aliphatic heterocycles. The van der Waals surface area contributed by atoms with Crippen LogP contribution < -0.4 is 16.4 Å². The molecule has 6 nitrogen and oxygen atoms in total. The number of halogens is 2. The molecule has 0 saturated heterocycles. The van der Waals surface area contributed by atoms with Gasteiger partial charge < -0.3 is 16.6 Å². The van der Waals surface area contributed by atoms with Crippen molar-refractivity contribution in [2.45, 2.75) is 37.8 Å². The summed E-state index contributed by atoms with van der Waals surface area (Å²) in [5.74, 6) is -0.675. The Balaban J connectivity index is 2.19. The van der Waals surface area contributed by atoms with Crippen molar-refractivity contribution in [1.82, 2.24) is 0 Å². The number of rotatable bonds is 1. The zero-order valence-corrected chi connectivity index (χ0v) is 13.5. The number of nitrogens with two attached hydrogens (primary N) is 2. The van der Waals surface area contributed by atoms with E-state index in [2.05, 4.69) is 25.9 Å². The van der Waals surface area contributed by atoms with E-state index in [1.165, 1.54) is 17.0 Å². The Morgan fingerprint density at radius 1 is 1.23 bits per heavy atom. The van der Waals surface area contributed by atoms with Gasteiger partial charge in [0, 0.05) is 0 Å². The van der Waals surface area contributed by atoms with Crippen molar-refractivity contribution in [3.8, 4) is 5.75 Å². The van der Waals surface area contributed by atoms with Crippen molar-refractivity contribution in [3.63, 3.8) is 0 Å². The fraction of sp³-hybridized carbons (Fsp3) is 0.429. The summed E-state index contributed by atoms with van der Waals surface area (Å²) >= 11 is 3.14. The molecule has 1 fully saturated rings. The highest BCUT2D eigenvalue weighted by Gasteiger charge is 2.44. The lowest BCUT2D eigenvalue weighted by Gasteiger charge is -2.45. The maximum atomic E-state index is 14.6. The fourth-order valence-corrected chi connectivity index (χ4v) is 3.51. The number of hydrogen-bond donors (Lipinski definition) is 3. The number of guanidine groups is 2. The van der Waals surface area contributed by atoms with Crippen LogP contribution in [0.2, 0.25) is 0 Å². The van der Waals surface area contributed by atoms with Crippen LogP contribution in [-0.2, 0) is 0 Å². The van der Waals surface area contributed by atoms with Gasteiger partial charge in [0.05, 0.1) is 4.47 Å². The zero-order chi connectivity index (χ0) is 15.9. The summed E-state index contributed by atoms with van der Waals surface area (Å²) in [6.45, 7) is 0. The van der Waals surface area contributed by atoms with Crippen LogP contribution in [0.4, 0.5) is 10.1 Å². The smallest absolute Gasteiger partial charge is 0.220 e. The number of aromatic hydroxyl groups is 1. The van der Waals surface area contributed by atoms with Crippen LogP contribution in [0.3, 0.4) is 0 Å². The molecule has 22 heavy (non-hydrogen) atoms. The van der Waals surface area contributed by atoms with E-state index in [0.717, 1.165) is 19.3 Å². The van der Waals surface area contributed by atoms with Crippen molar-refractivity contribution in [2.24, 2.45) is 21.5 Å². The molecule has 118 valence electrons. The third-order valence-electron chi connectivity index (χ3n) is 4.12. The van der Waals surface area contributed by atoms with Crippen molar-refractivity contribution in [1.29, 1.82) is 0 Å². The van der Waals surface area contributed by atoms with E-state index < -0.39 is 11.5 Å². The van der Waals surface area contributed by atoms with Gasteiger partial charge in [0.1, 0.15) is 17.1 Å². The first-order valence-corrected chi connectivity index (χ1v) is 7.90. The highest BCUT2D eigenvalue weighted by Crippen LogP contribution is 2.44. The molecule has 8 heteroatoms. The molecule has 1 spiro atoms. The molecule has 1 aliphatic carbocycles. The predicted molar refractivity (Wildman–Crippen MR) is 87.3 cm³/mol. The average Bonchev–Trinajstić information content (AvgIpc) is 2.47. The van der Waals surface area contributed by atoms with Crippen molar-refractivity contribution < 1.29 is 9.50 Å². The lowest BCUT2D eigenvalue weighted by molar-refractivity contribution is 0.301. The molecule has 1 saturated carbocycles. The minimum atomic E-state index is -0.784. The summed E-state index contributed by atoms with van der Waals surface area (Å²) in [6.07, 6.45) is 4.29. The van der Waals surface area contributed by atoms with Gasteiger partial charge in [-0.05, 0) is 53.7 Å². The second-order valence-electron chi connectivity index (χ2n) is 5.55. The first kappa shape index (κ1) is 15.1. The summed E-state index contributed by atoms with van der Waals surface area (Å²) in [5.41, 5.74) is 11.0. The molecule has 3 rings (SSSR count). The van der Waals surface area contributed by atoms with Gasteiger partial charge in [-0.25, -0.2) is 9.38 Å². The Morgan fingerprint density at radius 3 is 2.59 bits per heavy atom. The lowest BCUT2D eigenvalue weighted by Crippen LogP contribution is -2.58. The monoisotopic (exact) mass is 369 g/mol. The molecule has 1 aromatic rings. The first-order valence-electron chi connectivity index (χ1n) is 7.11. The quantitative estimate of drug-likeness (QED) is 0.707. The lowest BCUT2D eigenvalue weighted by atomic mass is 9.87. The maximum absolute atomic E-state index is 14.6. The van der Waals surface area contributed by atoms with Crippen LogP contribution in [0.15, 0.2) is 26.6 Å². The molecule has 0 aromatic heterocycles. The van der Waals surface area contributed by atoms with Crippen LogP contribution >= 0.6 is 15.9 Å². The molecule has 0 bridgehead atoms. The largest absolute Gasteiger partial charge is 0.506 e. The van der Waals surface area contributed by atoms with Crippen molar-refractivity contribution in [2.75, 3.05) is 4.90 Å². The fourth-order valence-electron chi connectivity index (χ4n) is 3.19. The van der Waals surface area contributed by atoms with Gasteiger partial charge in [0.2, 0.25) is 11.9 Å². The molecule has 0 atom stereocenters. The molecule has 0 radical (unpaired) electrons. The molecule has 5 N–H and O–H groups in total. The number of phenols is 1. The van der Waals surface area contributed by atoms with E-state index in [4.69, 9.17) is 11.5 Å². The molecular weight excluding hydrogens is 353 g/mol. The second kappa shape index (κ2) is 5.42. The zero-order valence-electron chi connectivity index (χ0n) is 11.9. The Morgan fingerprint density at radius 2 is 1.91 bits per heavy atom. The van der Waals surface area contributed by atoms with Gasteiger partial charge in [-0.3, -0.25) is 4.90 Å². The Hall–Kier alpha value is -1.83. The maximum Gasteiger partial charge on any atom is 0.220 e. The minimum Gasteiger partial charge on any atom is -0.506 e. The van der Waals surface area contributed by atoms with Crippen LogP contribution in [0.25, 0.3) is 0 Å². The standard InChI is InChI=1S/C14H17BrFN5O/c15-8-4-5-9(22)11(10(8)16)21-13(18)19-12(17)20-14(21)6-2-1-3-7-14/h4-5,22H,1-3,6-7H2,(H4,17,18,19,20). The van der Waals surface area contributed by atoms with E-state index in [-0.39, 0.29) is 27.8 Å². The SMILES string of the molecule is NC1=NC2(CCCCC2)N(c2c(O)ccc(Br)c2F)C(N)=N1. The van der Waals surface area contributed by atoms with Gasteiger partial charge >= 0.3 is 0 Å². The summed E-state index contributed by atoms with van der Waals surface area (Å²) in [7, 11) is 0. The second-order valence-corrected chi connectivity index (χ2v) is 6.40. The molecule has 0 unspecified atom stereocenters. The third kappa shape index (κ3) is 2.31. The van der Waals surface area contributed by atoms with Crippen molar-refractivity contribution >= 4 is 33.5 Å². The number of benzene rings is 1. The van der Waals surface area contributed by atoms with Gasteiger partial charge in [-0.15, -0.1) is 0 Å². The number of phenolic OH excluding ortho intramolecular Hbond substituents is 1. The van der Waals surface area contributed by atoms with E-state index in [1.807, 2.05) is 0 Å². The van der Waals surface area contributed by atoms with Gasteiger partial charge in [0.25, 0.3) is 0 Å². The highest BCUT2D eigenvalue weighted by atomic mass is 79.9. The topological polar surface area (TPSA) is 100 Å². The molecule has 1 aromatic carbocycles. The molecule has 0 amide bonds. The van der Waals surface area contributed by atoms with Gasteiger partial charge in [0.15, 0.2) is 5.82 Å². The number of aliphatic imine (C=N–C) groups is 2. The Labute approximate surface area is 135 Å². The van der Waals surface area contributed by atoms with E-state index in [1.54, 1.807) is 0 Å². The van der Waals surface area contributed by atoms with Crippen LogP contribution in [0.5, 0.6) is 5.75 Å². The Bertz CT molecular complexity index is 669. The summed E-state index contributed by atoms with van der Waals surface area (Å²) in [4.78, 5) is 9.89. The molecule has 2 aliphatic rings. The Kier molecular flexibility index (Phi) is 3.72. The van der Waals surface area contributed by atoms with Crippen LogP contribution in [0.1, 0.15) is 32.1 Å². The number of anilines is 1. The summed E-state index contributed by atoms with van der Waals surface area (Å²) < 4.78 is 14.9. The van der Waals surface area contributed by atoms with E-state index in [9.17, 15) is 9.50 Å². The van der Waals surface area contributed by atoms with Crippen LogP contribution in [-0.4, -0.2) is 22.7 Å².